The number of esters is 2. The van der Waals surface area contributed by atoms with Crippen LogP contribution in [0.1, 0.15) is 51.7 Å². The number of hydrogen-bond donors (Lipinski definition) is 1. The maximum atomic E-state index is 12.9. The lowest BCUT2D eigenvalue weighted by atomic mass is 9.80. The molecule has 1 heterocycles. The molecule has 5 nitrogen and oxygen atoms in total. The van der Waals surface area contributed by atoms with Crippen LogP contribution in [0.2, 0.25) is 0 Å². The molecule has 1 aliphatic rings. The summed E-state index contributed by atoms with van der Waals surface area (Å²) in [5.74, 6) is 1.03. The zero-order chi connectivity index (χ0) is 20.1. The normalized spacial score (nSPS) is 16.7. The zero-order valence-electron chi connectivity index (χ0n) is 16.4. The van der Waals surface area contributed by atoms with Crippen molar-refractivity contribution in [2.75, 3.05) is 6.61 Å². The molecule has 1 aromatic carbocycles. The highest BCUT2D eigenvalue weighted by Crippen LogP contribution is 2.39. The lowest BCUT2D eigenvalue weighted by Gasteiger charge is -2.31. The molecule has 2 rings (SSSR count). The molecule has 0 fully saturated rings. The zero-order valence-corrected chi connectivity index (χ0v) is 16.4. The Morgan fingerprint density at radius 2 is 1.81 bits per heavy atom. The Morgan fingerprint density at radius 1 is 1.19 bits per heavy atom. The first kappa shape index (κ1) is 20.3. The first-order chi connectivity index (χ1) is 12.8. The second-order valence-corrected chi connectivity index (χ2v) is 6.58. The van der Waals surface area contributed by atoms with E-state index in [4.69, 9.17) is 15.9 Å². The molecule has 0 amide bonds. The van der Waals surface area contributed by atoms with Crippen LogP contribution < -0.4 is 5.32 Å². The molecule has 1 unspecified atom stereocenters. The topological polar surface area (TPSA) is 64.6 Å². The average molecular weight is 367 g/mol. The van der Waals surface area contributed by atoms with Crippen molar-refractivity contribution in [1.29, 1.82) is 0 Å². The third kappa shape index (κ3) is 4.40. The second-order valence-electron chi connectivity index (χ2n) is 6.58. The number of hydrogen-bond acceptors (Lipinski definition) is 5. The quantitative estimate of drug-likeness (QED) is 0.638. The highest BCUT2D eigenvalue weighted by molar-refractivity contribution is 6.00. The summed E-state index contributed by atoms with van der Waals surface area (Å²) < 4.78 is 10.7. The predicted octanol–water partition coefficient (Wildman–Crippen LogP) is 3.42. The van der Waals surface area contributed by atoms with Crippen LogP contribution in [0.3, 0.4) is 0 Å². The van der Waals surface area contributed by atoms with E-state index in [1.54, 1.807) is 46.8 Å². The first-order valence-electron chi connectivity index (χ1n) is 8.93. The van der Waals surface area contributed by atoms with Crippen molar-refractivity contribution in [2.45, 2.75) is 46.6 Å². The Labute approximate surface area is 160 Å². The standard InChI is InChI=1S/C22H25NO4/c1-7-16-10-9-11-17(12-16)20-18(21(24)26-8-2)14(5)23-15(6)19(20)22(25)27-13(3)4/h1,9-13,20,23H,8H2,2-6H3. The Hall–Kier alpha value is -3.00. The number of nitrogens with one attached hydrogen (secondary N) is 1. The van der Waals surface area contributed by atoms with Crippen molar-refractivity contribution in [2.24, 2.45) is 0 Å². The molecule has 0 spiro atoms. The number of ether oxygens (including phenoxy) is 2. The molecule has 1 aromatic rings. The summed E-state index contributed by atoms with van der Waals surface area (Å²) in [5.41, 5.74) is 3.45. The van der Waals surface area contributed by atoms with Gasteiger partial charge in [-0.1, -0.05) is 18.1 Å². The van der Waals surface area contributed by atoms with Crippen molar-refractivity contribution in [3.05, 3.63) is 57.9 Å². The van der Waals surface area contributed by atoms with E-state index in [1.807, 2.05) is 12.1 Å². The Kier molecular flexibility index (Phi) is 6.46. The van der Waals surface area contributed by atoms with Crippen LogP contribution in [0.25, 0.3) is 0 Å². The molecule has 0 aromatic heterocycles. The molecule has 0 saturated carbocycles. The molecule has 0 radical (unpaired) electrons. The molecule has 0 aliphatic carbocycles. The van der Waals surface area contributed by atoms with E-state index in [1.165, 1.54) is 0 Å². The summed E-state index contributed by atoms with van der Waals surface area (Å²) in [5, 5.41) is 3.12. The van der Waals surface area contributed by atoms with Crippen LogP contribution in [0, 0.1) is 12.3 Å². The fraction of sp³-hybridized carbons (Fsp3) is 0.364. The number of dihydropyridines is 1. The van der Waals surface area contributed by atoms with E-state index in [2.05, 4.69) is 11.2 Å². The minimum absolute atomic E-state index is 0.237. The molecule has 27 heavy (non-hydrogen) atoms. The number of carbonyl (C=O) groups is 2. The summed E-state index contributed by atoms with van der Waals surface area (Å²) in [6, 6.07) is 7.26. The summed E-state index contributed by atoms with van der Waals surface area (Å²) >= 11 is 0. The predicted molar refractivity (Wildman–Crippen MR) is 104 cm³/mol. The number of carbonyl (C=O) groups excluding carboxylic acids is 2. The fourth-order valence-electron chi connectivity index (χ4n) is 3.16. The fourth-order valence-corrected chi connectivity index (χ4v) is 3.16. The van der Waals surface area contributed by atoms with Crippen molar-refractivity contribution in [3.63, 3.8) is 0 Å². The van der Waals surface area contributed by atoms with Gasteiger partial charge in [-0.05, 0) is 52.3 Å². The smallest absolute Gasteiger partial charge is 0.337 e. The molecule has 1 N–H and O–H groups in total. The summed E-state index contributed by atoms with van der Waals surface area (Å²) in [7, 11) is 0. The van der Waals surface area contributed by atoms with E-state index < -0.39 is 17.9 Å². The van der Waals surface area contributed by atoms with Crippen LogP contribution in [0.15, 0.2) is 46.8 Å². The van der Waals surface area contributed by atoms with E-state index in [-0.39, 0.29) is 12.7 Å². The van der Waals surface area contributed by atoms with Gasteiger partial charge in [0.2, 0.25) is 0 Å². The van der Waals surface area contributed by atoms with Crippen molar-refractivity contribution >= 4 is 11.9 Å². The summed E-state index contributed by atoms with van der Waals surface area (Å²) in [4.78, 5) is 25.6. The van der Waals surface area contributed by atoms with Crippen LogP contribution in [0.5, 0.6) is 0 Å². The maximum absolute atomic E-state index is 12.9. The second kappa shape index (κ2) is 8.59. The van der Waals surface area contributed by atoms with Gasteiger partial charge in [-0.2, -0.15) is 0 Å². The van der Waals surface area contributed by atoms with Gasteiger partial charge in [0.15, 0.2) is 0 Å². The molecular formula is C22H25NO4. The molecule has 1 aliphatic heterocycles. The van der Waals surface area contributed by atoms with Gasteiger partial charge in [-0.25, -0.2) is 9.59 Å². The van der Waals surface area contributed by atoms with E-state index in [9.17, 15) is 9.59 Å². The average Bonchev–Trinajstić information content (AvgIpc) is 2.60. The van der Waals surface area contributed by atoms with Crippen molar-refractivity contribution < 1.29 is 19.1 Å². The van der Waals surface area contributed by atoms with Gasteiger partial charge in [-0.15, -0.1) is 6.42 Å². The molecule has 5 heteroatoms. The minimum Gasteiger partial charge on any atom is -0.463 e. The maximum Gasteiger partial charge on any atom is 0.337 e. The molecule has 0 bridgehead atoms. The minimum atomic E-state index is -0.621. The van der Waals surface area contributed by atoms with Crippen molar-refractivity contribution in [3.8, 4) is 12.3 Å². The largest absolute Gasteiger partial charge is 0.463 e. The van der Waals surface area contributed by atoms with Crippen LogP contribution in [0.4, 0.5) is 0 Å². The molecule has 1 atom stereocenters. The van der Waals surface area contributed by atoms with Crippen molar-refractivity contribution in [1.82, 2.24) is 5.32 Å². The van der Waals surface area contributed by atoms with Crippen LogP contribution in [-0.2, 0) is 19.1 Å². The van der Waals surface area contributed by atoms with Gasteiger partial charge in [0.05, 0.1) is 29.8 Å². The molecule has 0 saturated heterocycles. The van der Waals surface area contributed by atoms with Gasteiger partial charge in [0, 0.05) is 17.0 Å². The lowest BCUT2D eigenvalue weighted by Crippen LogP contribution is -2.33. The van der Waals surface area contributed by atoms with E-state index in [0.717, 1.165) is 5.56 Å². The van der Waals surface area contributed by atoms with Gasteiger partial charge in [0.25, 0.3) is 0 Å². The highest BCUT2D eigenvalue weighted by atomic mass is 16.5. The Balaban J connectivity index is 2.66. The van der Waals surface area contributed by atoms with E-state index in [0.29, 0.717) is 28.1 Å². The third-order valence-corrected chi connectivity index (χ3v) is 4.20. The van der Waals surface area contributed by atoms with Gasteiger partial charge >= 0.3 is 11.9 Å². The third-order valence-electron chi connectivity index (χ3n) is 4.20. The number of rotatable bonds is 5. The number of benzene rings is 1. The summed E-state index contributed by atoms with van der Waals surface area (Å²) in [6.45, 7) is 9.13. The number of terminal acetylenes is 1. The number of allylic oxidation sites excluding steroid dienone is 2. The Morgan fingerprint density at radius 3 is 2.37 bits per heavy atom. The Bertz CT molecular complexity index is 855. The van der Waals surface area contributed by atoms with Crippen LogP contribution >= 0.6 is 0 Å². The SMILES string of the molecule is C#Cc1cccc(C2C(C(=O)OCC)=C(C)NC(C)=C2C(=O)OC(C)C)c1. The van der Waals surface area contributed by atoms with Gasteiger partial charge in [0.1, 0.15) is 0 Å². The molecule has 142 valence electrons. The first-order valence-corrected chi connectivity index (χ1v) is 8.93. The van der Waals surface area contributed by atoms with Gasteiger partial charge < -0.3 is 14.8 Å². The lowest BCUT2D eigenvalue weighted by molar-refractivity contribution is -0.143. The monoisotopic (exact) mass is 367 g/mol. The summed E-state index contributed by atoms with van der Waals surface area (Å²) in [6.07, 6.45) is 5.25. The highest BCUT2D eigenvalue weighted by Gasteiger charge is 2.38. The van der Waals surface area contributed by atoms with Crippen LogP contribution in [-0.4, -0.2) is 24.6 Å². The molecular weight excluding hydrogens is 342 g/mol. The van der Waals surface area contributed by atoms with Gasteiger partial charge in [-0.3, -0.25) is 0 Å². The van der Waals surface area contributed by atoms with E-state index >= 15 is 0 Å².